The molecule has 1 aromatic carbocycles. The van der Waals surface area contributed by atoms with Gasteiger partial charge in [0, 0.05) is 6.54 Å². The number of carbonyl (C=O) groups excluding carboxylic acids is 1. The van der Waals surface area contributed by atoms with E-state index in [0.717, 1.165) is 24.2 Å². The van der Waals surface area contributed by atoms with Gasteiger partial charge in [-0.1, -0.05) is 39.3 Å². The Kier molecular flexibility index (Phi) is 6.05. The first kappa shape index (κ1) is 17.8. The van der Waals surface area contributed by atoms with E-state index in [4.69, 9.17) is 10.5 Å². The fourth-order valence-electron chi connectivity index (χ4n) is 2.75. The number of amides is 1. The number of benzene rings is 1. The summed E-state index contributed by atoms with van der Waals surface area (Å²) in [7, 11) is 0. The van der Waals surface area contributed by atoms with Crippen molar-refractivity contribution in [1.82, 2.24) is 5.32 Å². The Balaban J connectivity index is 1.81. The van der Waals surface area contributed by atoms with E-state index in [0.29, 0.717) is 12.6 Å². The number of hydrogen-bond donors (Lipinski definition) is 2. The Morgan fingerprint density at radius 2 is 1.83 bits per heavy atom. The molecule has 0 aromatic heterocycles. The number of rotatable bonds is 5. The van der Waals surface area contributed by atoms with Crippen molar-refractivity contribution in [3.05, 3.63) is 29.8 Å². The molecule has 2 rings (SSSR count). The van der Waals surface area contributed by atoms with Gasteiger partial charge in [0.2, 0.25) is 5.91 Å². The summed E-state index contributed by atoms with van der Waals surface area (Å²) in [4.78, 5) is 12.0. The Bertz CT molecular complexity index is 499. The van der Waals surface area contributed by atoms with E-state index in [1.165, 1.54) is 19.3 Å². The summed E-state index contributed by atoms with van der Waals surface area (Å²) in [5.41, 5.74) is 6.77. The van der Waals surface area contributed by atoms with Crippen LogP contribution in [0.1, 0.15) is 58.4 Å². The molecule has 4 heteroatoms. The van der Waals surface area contributed by atoms with Crippen LogP contribution in [-0.4, -0.2) is 18.1 Å². The molecule has 4 nitrogen and oxygen atoms in total. The SMILES string of the molecule is CC(C)(C)[C@H](N)C(=O)NCc1ccc(OC2CCCCC2)cc1. The molecule has 1 amide bonds. The molecular weight excluding hydrogens is 288 g/mol. The van der Waals surface area contributed by atoms with Crippen LogP contribution in [0, 0.1) is 5.41 Å². The van der Waals surface area contributed by atoms with Gasteiger partial charge in [-0.25, -0.2) is 0 Å². The minimum absolute atomic E-state index is 0.111. The third-order valence-electron chi connectivity index (χ3n) is 4.46. The van der Waals surface area contributed by atoms with Crippen molar-refractivity contribution in [2.24, 2.45) is 11.1 Å². The number of ether oxygens (including phenoxy) is 1. The second-order valence-corrected chi connectivity index (χ2v) is 7.58. The number of nitrogens with two attached hydrogens (primary N) is 1. The lowest BCUT2D eigenvalue weighted by molar-refractivity contribution is -0.124. The lowest BCUT2D eigenvalue weighted by atomic mass is 9.87. The second-order valence-electron chi connectivity index (χ2n) is 7.58. The third-order valence-corrected chi connectivity index (χ3v) is 4.46. The highest BCUT2D eigenvalue weighted by Gasteiger charge is 2.27. The molecule has 1 fully saturated rings. The van der Waals surface area contributed by atoms with Gasteiger partial charge in [-0.05, 0) is 48.8 Å². The predicted octanol–water partition coefficient (Wildman–Crippen LogP) is 3.39. The van der Waals surface area contributed by atoms with Crippen LogP contribution in [0.3, 0.4) is 0 Å². The second kappa shape index (κ2) is 7.82. The highest BCUT2D eigenvalue weighted by atomic mass is 16.5. The smallest absolute Gasteiger partial charge is 0.237 e. The molecular formula is C19H30N2O2. The van der Waals surface area contributed by atoms with Crippen molar-refractivity contribution < 1.29 is 9.53 Å². The molecule has 0 aliphatic heterocycles. The molecule has 0 heterocycles. The number of hydrogen-bond acceptors (Lipinski definition) is 3. The molecule has 0 saturated heterocycles. The monoisotopic (exact) mass is 318 g/mol. The van der Waals surface area contributed by atoms with E-state index < -0.39 is 6.04 Å². The first-order chi connectivity index (χ1) is 10.9. The summed E-state index contributed by atoms with van der Waals surface area (Å²) in [6.07, 6.45) is 6.53. The van der Waals surface area contributed by atoms with Crippen LogP contribution in [0.15, 0.2) is 24.3 Å². The molecule has 1 saturated carbocycles. The van der Waals surface area contributed by atoms with E-state index in [9.17, 15) is 4.79 Å². The summed E-state index contributed by atoms with van der Waals surface area (Å²) >= 11 is 0. The molecule has 0 radical (unpaired) electrons. The van der Waals surface area contributed by atoms with Gasteiger partial charge in [-0.2, -0.15) is 0 Å². The van der Waals surface area contributed by atoms with E-state index in [2.05, 4.69) is 5.32 Å². The van der Waals surface area contributed by atoms with Gasteiger partial charge in [0.15, 0.2) is 0 Å². The van der Waals surface area contributed by atoms with Crippen LogP contribution >= 0.6 is 0 Å². The quantitative estimate of drug-likeness (QED) is 0.874. The first-order valence-electron chi connectivity index (χ1n) is 8.65. The molecule has 1 aromatic rings. The first-order valence-corrected chi connectivity index (χ1v) is 8.65. The summed E-state index contributed by atoms with van der Waals surface area (Å²) in [5, 5.41) is 2.90. The molecule has 1 atom stereocenters. The summed E-state index contributed by atoms with van der Waals surface area (Å²) < 4.78 is 6.01. The van der Waals surface area contributed by atoms with Crippen LogP contribution in [0.5, 0.6) is 5.75 Å². The maximum Gasteiger partial charge on any atom is 0.237 e. The molecule has 128 valence electrons. The molecule has 1 aliphatic rings. The maximum atomic E-state index is 12.0. The lowest BCUT2D eigenvalue weighted by Crippen LogP contribution is -2.48. The van der Waals surface area contributed by atoms with E-state index >= 15 is 0 Å². The molecule has 0 spiro atoms. The van der Waals surface area contributed by atoms with Gasteiger partial charge in [-0.3, -0.25) is 4.79 Å². The van der Waals surface area contributed by atoms with Crippen molar-refractivity contribution >= 4 is 5.91 Å². The van der Waals surface area contributed by atoms with Gasteiger partial charge in [0.1, 0.15) is 5.75 Å². The van der Waals surface area contributed by atoms with Crippen LogP contribution in [0.2, 0.25) is 0 Å². The van der Waals surface area contributed by atoms with Crippen molar-refractivity contribution in [2.45, 2.75) is 71.6 Å². The third kappa shape index (κ3) is 5.54. The number of nitrogens with one attached hydrogen (secondary N) is 1. The minimum Gasteiger partial charge on any atom is -0.490 e. The maximum absolute atomic E-state index is 12.0. The molecule has 0 unspecified atom stereocenters. The zero-order chi connectivity index (χ0) is 16.9. The van der Waals surface area contributed by atoms with Crippen molar-refractivity contribution in [3.63, 3.8) is 0 Å². The van der Waals surface area contributed by atoms with Crippen LogP contribution in [0.4, 0.5) is 0 Å². The fourth-order valence-corrected chi connectivity index (χ4v) is 2.75. The van der Waals surface area contributed by atoms with E-state index in [1.54, 1.807) is 0 Å². The van der Waals surface area contributed by atoms with Crippen molar-refractivity contribution in [1.29, 1.82) is 0 Å². The molecule has 0 bridgehead atoms. The summed E-state index contributed by atoms with van der Waals surface area (Å²) in [5.74, 6) is 0.804. The van der Waals surface area contributed by atoms with Crippen molar-refractivity contribution in [2.75, 3.05) is 0 Å². The van der Waals surface area contributed by atoms with Crippen molar-refractivity contribution in [3.8, 4) is 5.75 Å². The van der Waals surface area contributed by atoms with Gasteiger partial charge in [0.05, 0.1) is 12.1 Å². The van der Waals surface area contributed by atoms with Gasteiger partial charge < -0.3 is 15.8 Å². The topological polar surface area (TPSA) is 64.4 Å². The fraction of sp³-hybridized carbons (Fsp3) is 0.632. The lowest BCUT2D eigenvalue weighted by Gasteiger charge is -2.25. The Labute approximate surface area is 139 Å². The normalized spacial score (nSPS) is 17.6. The molecule has 23 heavy (non-hydrogen) atoms. The minimum atomic E-state index is -0.503. The van der Waals surface area contributed by atoms with Crippen LogP contribution in [-0.2, 0) is 11.3 Å². The Hall–Kier alpha value is -1.55. The molecule has 1 aliphatic carbocycles. The largest absolute Gasteiger partial charge is 0.490 e. The van der Waals surface area contributed by atoms with E-state index in [-0.39, 0.29) is 11.3 Å². The standard InChI is InChI=1S/C19H30N2O2/c1-19(2,3)17(20)18(22)21-13-14-9-11-16(12-10-14)23-15-7-5-4-6-8-15/h9-12,15,17H,4-8,13,20H2,1-3H3,(H,21,22)/t17-/m1/s1. The highest BCUT2D eigenvalue weighted by Crippen LogP contribution is 2.23. The summed E-state index contributed by atoms with van der Waals surface area (Å²) in [6.45, 7) is 6.39. The van der Waals surface area contributed by atoms with Crippen LogP contribution < -0.4 is 15.8 Å². The number of carbonyl (C=O) groups is 1. The average Bonchev–Trinajstić information content (AvgIpc) is 2.53. The van der Waals surface area contributed by atoms with Crippen LogP contribution in [0.25, 0.3) is 0 Å². The highest BCUT2D eigenvalue weighted by molar-refractivity contribution is 5.82. The molecule has 3 N–H and O–H groups in total. The Morgan fingerprint density at radius 1 is 1.22 bits per heavy atom. The van der Waals surface area contributed by atoms with Gasteiger partial charge in [0.25, 0.3) is 0 Å². The average molecular weight is 318 g/mol. The van der Waals surface area contributed by atoms with Gasteiger partial charge in [-0.15, -0.1) is 0 Å². The summed E-state index contributed by atoms with van der Waals surface area (Å²) in [6, 6.07) is 7.47. The predicted molar refractivity (Wildman–Crippen MR) is 93.2 cm³/mol. The zero-order valence-corrected chi connectivity index (χ0v) is 14.6. The Morgan fingerprint density at radius 3 is 2.39 bits per heavy atom. The zero-order valence-electron chi connectivity index (χ0n) is 14.6. The van der Waals surface area contributed by atoms with E-state index in [1.807, 2.05) is 45.0 Å². The van der Waals surface area contributed by atoms with Gasteiger partial charge >= 0.3 is 0 Å².